The molecule has 4 heteroatoms. The summed E-state index contributed by atoms with van der Waals surface area (Å²) in [6, 6.07) is 15.5. The molecule has 0 aromatic heterocycles. The Morgan fingerprint density at radius 3 is 2.20 bits per heavy atom. The predicted octanol–water partition coefficient (Wildman–Crippen LogP) is 4.53. The summed E-state index contributed by atoms with van der Waals surface area (Å²) < 4.78 is 11.2. The highest BCUT2D eigenvalue weighted by Crippen LogP contribution is 2.29. The molecule has 0 aliphatic carbocycles. The van der Waals surface area contributed by atoms with Crippen LogP contribution < -0.4 is 9.47 Å². The van der Waals surface area contributed by atoms with Gasteiger partial charge in [0, 0.05) is 18.2 Å². The first-order valence-corrected chi connectivity index (χ1v) is 8.81. The van der Waals surface area contributed by atoms with Gasteiger partial charge in [0.25, 0.3) is 5.91 Å². The number of rotatable bonds is 8. The molecule has 1 amide bonds. The van der Waals surface area contributed by atoms with Crippen molar-refractivity contribution in [3.8, 4) is 11.5 Å². The first-order valence-electron chi connectivity index (χ1n) is 8.81. The molecule has 2 aromatic rings. The Labute approximate surface area is 150 Å². The van der Waals surface area contributed by atoms with E-state index in [9.17, 15) is 4.79 Å². The quantitative estimate of drug-likeness (QED) is 0.708. The van der Waals surface area contributed by atoms with Crippen LogP contribution in [0.1, 0.15) is 43.6 Å². The molecular formula is C21H27NO3. The van der Waals surface area contributed by atoms with Crippen molar-refractivity contribution in [2.75, 3.05) is 13.2 Å². The van der Waals surface area contributed by atoms with Crippen LogP contribution in [-0.4, -0.2) is 30.1 Å². The van der Waals surface area contributed by atoms with Gasteiger partial charge in [-0.3, -0.25) is 4.79 Å². The Kier molecular flexibility index (Phi) is 6.87. The maximum absolute atomic E-state index is 13.0. The second kappa shape index (κ2) is 9.11. The molecule has 0 bridgehead atoms. The van der Waals surface area contributed by atoms with Gasteiger partial charge in [-0.2, -0.15) is 0 Å². The van der Waals surface area contributed by atoms with Gasteiger partial charge in [-0.15, -0.1) is 0 Å². The number of hydrogen-bond acceptors (Lipinski definition) is 3. The minimum absolute atomic E-state index is 0.0112. The molecule has 0 unspecified atom stereocenters. The van der Waals surface area contributed by atoms with E-state index in [0.717, 1.165) is 5.56 Å². The zero-order chi connectivity index (χ0) is 18.2. The second-order valence-electron chi connectivity index (χ2n) is 6.04. The van der Waals surface area contributed by atoms with Crippen LogP contribution in [0.25, 0.3) is 0 Å². The van der Waals surface area contributed by atoms with Crippen LogP contribution in [0, 0.1) is 0 Å². The van der Waals surface area contributed by atoms with Gasteiger partial charge in [0.05, 0.1) is 13.2 Å². The fourth-order valence-electron chi connectivity index (χ4n) is 2.62. The van der Waals surface area contributed by atoms with E-state index in [1.807, 2.05) is 69.0 Å². The average Bonchev–Trinajstić information content (AvgIpc) is 2.61. The number of hydrogen-bond donors (Lipinski definition) is 0. The van der Waals surface area contributed by atoms with Crippen LogP contribution >= 0.6 is 0 Å². The van der Waals surface area contributed by atoms with Crippen molar-refractivity contribution in [3.05, 3.63) is 59.7 Å². The van der Waals surface area contributed by atoms with Gasteiger partial charge in [0.2, 0.25) is 0 Å². The fourth-order valence-corrected chi connectivity index (χ4v) is 2.62. The molecule has 0 saturated heterocycles. The van der Waals surface area contributed by atoms with E-state index < -0.39 is 0 Å². The highest BCUT2D eigenvalue weighted by molar-refractivity contribution is 5.95. The Hall–Kier alpha value is -2.49. The van der Waals surface area contributed by atoms with E-state index >= 15 is 0 Å². The van der Waals surface area contributed by atoms with E-state index in [0.29, 0.717) is 36.8 Å². The Morgan fingerprint density at radius 1 is 0.960 bits per heavy atom. The van der Waals surface area contributed by atoms with Crippen LogP contribution in [0.4, 0.5) is 0 Å². The molecule has 0 radical (unpaired) electrons. The van der Waals surface area contributed by atoms with Crippen molar-refractivity contribution < 1.29 is 14.3 Å². The van der Waals surface area contributed by atoms with E-state index in [2.05, 4.69) is 0 Å². The summed E-state index contributed by atoms with van der Waals surface area (Å²) >= 11 is 0. The molecule has 0 fully saturated rings. The minimum Gasteiger partial charge on any atom is -0.490 e. The number of benzene rings is 2. The molecule has 2 rings (SSSR count). The largest absolute Gasteiger partial charge is 0.490 e. The lowest BCUT2D eigenvalue weighted by atomic mass is 10.1. The Bertz CT molecular complexity index is 683. The predicted molar refractivity (Wildman–Crippen MR) is 100 cm³/mol. The van der Waals surface area contributed by atoms with Crippen molar-refractivity contribution in [2.45, 2.75) is 40.3 Å². The van der Waals surface area contributed by atoms with Crippen molar-refractivity contribution in [2.24, 2.45) is 0 Å². The molecule has 0 atom stereocenters. The van der Waals surface area contributed by atoms with Gasteiger partial charge in [0.15, 0.2) is 11.5 Å². The summed E-state index contributed by atoms with van der Waals surface area (Å²) in [5.41, 5.74) is 1.72. The summed E-state index contributed by atoms with van der Waals surface area (Å²) in [5, 5.41) is 0. The van der Waals surface area contributed by atoms with Crippen LogP contribution in [0.3, 0.4) is 0 Å². The molecule has 0 saturated carbocycles. The first-order chi connectivity index (χ1) is 12.1. The van der Waals surface area contributed by atoms with Crippen LogP contribution in [0.5, 0.6) is 11.5 Å². The highest BCUT2D eigenvalue weighted by Gasteiger charge is 2.20. The fraction of sp³-hybridized carbons (Fsp3) is 0.381. The monoisotopic (exact) mass is 341 g/mol. The SMILES string of the molecule is CCOc1ccc(C(=O)N(Cc2ccccc2)C(C)C)cc1OCC. The number of carbonyl (C=O) groups excluding carboxylic acids is 1. The standard InChI is InChI=1S/C21H27NO3/c1-5-24-19-13-12-18(14-20(19)25-6-2)21(23)22(16(3)4)15-17-10-8-7-9-11-17/h7-14,16H,5-6,15H2,1-4H3. The van der Waals surface area contributed by atoms with Crippen LogP contribution in [-0.2, 0) is 6.54 Å². The van der Waals surface area contributed by atoms with E-state index in [1.165, 1.54) is 0 Å². The van der Waals surface area contributed by atoms with Gasteiger partial charge in [0.1, 0.15) is 0 Å². The summed E-state index contributed by atoms with van der Waals surface area (Å²) in [5.74, 6) is 1.27. The van der Waals surface area contributed by atoms with E-state index in [4.69, 9.17) is 9.47 Å². The summed E-state index contributed by atoms with van der Waals surface area (Å²) in [7, 11) is 0. The third kappa shape index (κ3) is 4.99. The molecule has 25 heavy (non-hydrogen) atoms. The average molecular weight is 341 g/mol. The van der Waals surface area contributed by atoms with Crippen molar-refractivity contribution >= 4 is 5.91 Å². The van der Waals surface area contributed by atoms with Gasteiger partial charge < -0.3 is 14.4 Å². The molecule has 0 heterocycles. The molecule has 134 valence electrons. The maximum atomic E-state index is 13.0. The number of ether oxygens (including phenoxy) is 2. The lowest BCUT2D eigenvalue weighted by molar-refractivity contribution is 0.0690. The molecule has 0 aliphatic heterocycles. The normalized spacial score (nSPS) is 10.6. The summed E-state index contributed by atoms with van der Waals surface area (Å²) in [6.07, 6.45) is 0. The third-order valence-corrected chi connectivity index (χ3v) is 3.87. The van der Waals surface area contributed by atoms with Crippen molar-refractivity contribution in [3.63, 3.8) is 0 Å². The number of carbonyl (C=O) groups is 1. The van der Waals surface area contributed by atoms with Crippen LogP contribution in [0.15, 0.2) is 48.5 Å². The highest BCUT2D eigenvalue weighted by atomic mass is 16.5. The summed E-state index contributed by atoms with van der Waals surface area (Å²) in [6.45, 7) is 9.55. The van der Waals surface area contributed by atoms with Gasteiger partial charge in [-0.1, -0.05) is 30.3 Å². The molecule has 2 aromatic carbocycles. The van der Waals surface area contributed by atoms with Gasteiger partial charge in [-0.25, -0.2) is 0 Å². The van der Waals surface area contributed by atoms with E-state index in [-0.39, 0.29) is 11.9 Å². The molecule has 0 aliphatic rings. The molecule has 0 N–H and O–H groups in total. The molecule has 4 nitrogen and oxygen atoms in total. The Morgan fingerprint density at radius 2 is 1.60 bits per heavy atom. The smallest absolute Gasteiger partial charge is 0.254 e. The summed E-state index contributed by atoms with van der Waals surface area (Å²) in [4.78, 5) is 14.9. The van der Waals surface area contributed by atoms with E-state index in [1.54, 1.807) is 12.1 Å². The number of nitrogens with zero attached hydrogens (tertiary/aromatic N) is 1. The number of amides is 1. The first kappa shape index (κ1) is 18.8. The third-order valence-electron chi connectivity index (χ3n) is 3.87. The maximum Gasteiger partial charge on any atom is 0.254 e. The second-order valence-corrected chi connectivity index (χ2v) is 6.04. The zero-order valence-electron chi connectivity index (χ0n) is 15.5. The lowest BCUT2D eigenvalue weighted by Crippen LogP contribution is -2.36. The topological polar surface area (TPSA) is 38.8 Å². The minimum atomic E-state index is -0.0112. The Balaban J connectivity index is 2.27. The zero-order valence-corrected chi connectivity index (χ0v) is 15.5. The van der Waals surface area contributed by atoms with Gasteiger partial charge >= 0.3 is 0 Å². The lowest BCUT2D eigenvalue weighted by Gasteiger charge is -2.27. The molecular weight excluding hydrogens is 314 g/mol. The van der Waals surface area contributed by atoms with Gasteiger partial charge in [-0.05, 0) is 51.5 Å². The molecule has 0 spiro atoms. The van der Waals surface area contributed by atoms with Crippen molar-refractivity contribution in [1.82, 2.24) is 4.90 Å². The van der Waals surface area contributed by atoms with Crippen LogP contribution in [0.2, 0.25) is 0 Å². The van der Waals surface area contributed by atoms with Crippen molar-refractivity contribution in [1.29, 1.82) is 0 Å².